The fourth-order valence-electron chi connectivity index (χ4n) is 1.26. The van der Waals surface area contributed by atoms with E-state index in [1.54, 1.807) is 31.4 Å². The van der Waals surface area contributed by atoms with Crippen LogP contribution in [-0.2, 0) is 9.53 Å². The van der Waals surface area contributed by atoms with Crippen LogP contribution in [0.25, 0.3) is 0 Å². The summed E-state index contributed by atoms with van der Waals surface area (Å²) in [4.78, 5) is 10.9. The number of methoxy groups -OCH3 is 2. The smallest absolute Gasteiger partial charge is 0.328 e. The van der Waals surface area contributed by atoms with E-state index in [9.17, 15) is 4.79 Å². The van der Waals surface area contributed by atoms with Gasteiger partial charge in [0.2, 0.25) is 0 Å². The summed E-state index contributed by atoms with van der Waals surface area (Å²) in [5.74, 6) is -0.281. The maximum atomic E-state index is 10.9. The summed E-state index contributed by atoms with van der Waals surface area (Å²) < 4.78 is 9.86. The van der Waals surface area contributed by atoms with E-state index in [2.05, 4.69) is 5.32 Å². The highest BCUT2D eigenvalue weighted by Gasteiger charge is 2.16. The summed E-state index contributed by atoms with van der Waals surface area (Å²) in [5.41, 5.74) is 0.684. The molecule has 1 aromatic carbocycles. The van der Waals surface area contributed by atoms with Crippen molar-refractivity contribution in [1.82, 2.24) is 0 Å². The Bertz CT molecular complexity index is 354. The second-order valence-electron chi connectivity index (χ2n) is 3.22. The van der Waals surface area contributed by atoms with Crippen LogP contribution in [0.2, 0.25) is 0 Å². The van der Waals surface area contributed by atoms with Gasteiger partial charge in [-0.25, -0.2) is 4.79 Å². The van der Waals surface area contributed by atoms with E-state index < -0.39 is 12.0 Å². The van der Waals surface area contributed by atoms with Crippen molar-refractivity contribution in [1.29, 1.82) is 0 Å². The van der Waals surface area contributed by atoms with Crippen molar-refractivity contribution in [3.63, 3.8) is 0 Å². The third kappa shape index (κ3) is 3.43. The summed E-state index contributed by atoms with van der Waals surface area (Å²) in [6.07, 6.45) is 0. The minimum atomic E-state index is -0.954. The summed E-state index contributed by atoms with van der Waals surface area (Å²) in [6.45, 7) is 0.104. The lowest BCUT2D eigenvalue weighted by atomic mass is 10.2. The molecule has 1 atom stereocenters. The highest BCUT2D eigenvalue weighted by Crippen LogP contribution is 2.17. The first-order valence-electron chi connectivity index (χ1n) is 4.79. The highest BCUT2D eigenvalue weighted by molar-refractivity contribution is 5.77. The molecule has 16 heavy (non-hydrogen) atoms. The molecule has 0 aliphatic carbocycles. The molecule has 1 unspecified atom stereocenters. The Kier molecular flexibility index (Phi) is 4.60. The monoisotopic (exact) mass is 225 g/mol. The van der Waals surface area contributed by atoms with Gasteiger partial charge in [0, 0.05) is 18.9 Å². The number of hydrogen-bond acceptors (Lipinski definition) is 4. The van der Waals surface area contributed by atoms with Crippen LogP contribution >= 0.6 is 0 Å². The van der Waals surface area contributed by atoms with Crippen LogP contribution < -0.4 is 10.1 Å². The van der Waals surface area contributed by atoms with Gasteiger partial charge >= 0.3 is 5.97 Å². The average Bonchev–Trinajstić information content (AvgIpc) is 2.28. The van der Waals surface area contributed by atoms with Crippen LogP contribution in [0.5, 0.6) is 5.75 Å². The molecule has 0 saturated carbocycles. The van der Waals surface area contributed by atoms with E-state index in [1.165, 1.54) is 7.11 Å². The summed E-state index contributed by atoms with van der Waals surface area (Å²) in [5, 5.41) is 11.8. The number of carboxylic acids is 1. The number of aliphatic carboxylic acids is 1. The Balaban J connectivity index is 2.72. The van der Waals surface area contributed by atoms with Gasteiger partial charge in [0.05, 0.1) is 13.7 Å². The number of carboxylic acid groups (broad SMARTS) is 1. The molecule has 0 spiro atoms. The lowest BCUT2D eigenvalue weighted by Crippen LogP contribution is -2.33. The number of nitrogens with one attached hydrogen (secondary N) is 1. The van der Waals surface area contributed by atoms with Crippen molar-refractivity contribution in [2.75, 3.05) is 26.1 Å². The molecule has 0 heterocycles. The first kappa shape index (κ1) is 12.3. The zero-order chi connectivity index (χ0) is 12.0. The van der Waals surface area contributed by atoms with Crippen LogP contribution in [-0.4, -0.2) is 37.9 Å². The molecule has 5 nitrogen and oxygen atoms in total. The molecule has 0 aromatic heterocycles. The van der Waals surface area contributed by atoms with Gasteiger partial charge in [0.1, 0.15) is 11.8 Å². The number of benzene rings is 1. The molecule has 0 amide bonds. The van der Waals surface area contributed by atoms with Crippen molar-refractivity contribution < 1.29 is 19.4 Å². The maximum Gasteiger partial charge on any atom is 0.328 e. The van der Waals surface area contributed by atoms with E-state index in [-0.39, 0.29) is 6.61 Å². The Morgan fingerprint density at radius 1 is 1.50 bits per heavy atom. The molecule has 0 bridgehead atoms. The van der Waals surface area contributed by atoms with E-state index in [0.717, 1.165) is 0 Å². The normalized spacial score (nSPS) is 11.9. The lowest BCUT2D eigenvalue weighted by Gasteiger charge is -2.15. The fraction of sp³-hybridized carbons (Fsp3) is 0.364. The Morgan fingerprint density at radius 2 is 2.25 bits per heavy atom. The van der Waals surface area contributed by atoms with E-state index >= 15 is 0 Å². The third-order valence-electron chi connectivity index (χ3n) is 2.04. The zero-order valence-electron chi connectivity index (χ0n) is 9.27. The first-order valence-corrected chi connectivity index (χ1v) is 4.79. The fourth-order valence-corrected chi connectivity index (χ4v) is 1.26. The Labute approximate surface area is 94.0 Å². The Morgan fingerprint density at radius 3 is 2.81 bits per heavy atom. The molecule has 0 aliphatic heterocycles. The minimum Gasteiger partial charge on any atom is -0.497 e. The van der Waals surface area contributed by atoms with Gasteiger partial charge in [-0.05, 0) is 12.1 Å². The topological polar surface area (TPSA) is 67.8 Å². The van der Waals surface area contributed by atoms with E-state index in [4.69, 9.17) is 14.6 Å². The van der Waals surface area contributed by atoms with Gasteiger partial charge in [0.25, 0.3) is 0 Å². The van der Waals surface area contributed by atoms with Crippen molar-refractivity contribution in [2.45, 2.75) is 6.04 Å². The van der Waals surface area contributed by atoms with Crippen LogP contribution in [0.1, 0.15) is 0 Å². The molecule has 88 valence electrons. The van der Waals surface area contributed by atoms with Gasteiger partial charge in [0.15, 0.2) is 0 Å². The van der Waals surface area contributed by atoms with Crippen LogP contribution in [0.3, 0.4) is 0 Å². The summed E-state index contributed by atoms with van der Waals surface area (Å²) in [6, 6.07) is 6.31. The Hall–Kier alpha value is -1.75. The zero-order valence-corrected chi connectivity index (χ0v) is 9.27. The molecule has 0 saturated heterocycles. The molecule has 1 rings (SSSR count). The van der Waals surface area contributed by atoms with Crippen LogP contribution in [0.15, 0.2) is 24.3 Å². The molecule has 1 aromatic rings. The molecular weight excluding hydrogens is 210 g/mol. The van der Waals surface area contributed by atoms with E-state index in [1.807, 2.05) is 0 Å². The van der Waals surface area contributed by atoms with Crippen molar-refractivity contribution in [2.24, 2.45) is 0 Å². The standard InChI is InChI=1S/C11H15NO4/c1-15-7-10(11(13)14)12-8-4-3-5-9(6-8)16-2/h3-6,10,12H,7H2,1-2H3,(H,13,14). The lowest BCUT2D eigenvalue weighted by molar-refractivity contribution is -0.139. The van der Waals surface area contributed by atoms with Gasteiger partial charge in [-0.3, -0.25) is 0 Å². The van der Waals surface area contributed by atoms with Gasteiger partial charge in [-0.2, -0.15) is 0 Å². The number of anilines is 1. The summed E-state index contributed by atoms with van der Waals surface area (Å²) in [7, 11) is 3.02. The van der Waals surface area contributed by atoms with Crippen LogP contribution in [0, 0.1) is 0 Å². The molecular formula is C11H15NO4. The SMILES string of the molecule is COCC(Nc1cccc(OC)c1)C(=O)O. The van der Waals surface area contributed by atoms with Crippen LogP contribution in [0.4, 0.5) is 5.69 Å². The molecule has 0 fully saturated rings. The largest absolute Gasteiger partial charge is 0.497 e. The third-order valence-corrected chi connectivity index (χ3v) is 2.04. The maximum absolute atomic E-state index is 10.9. The predicted octanol–water partition coefficient (Wildman–Crippen LogP) is 1.21. The van der Waals surface area contributed by atoms with Gasteiger partial charge < -0.3 is 19.9 Å². The molecule has 0 aliphatic rings. The first-order chi connectivity index (χ1) is 7.67. The average molecular weight is 225 g/mol. The minimum absolute atomic E-state index is 0.104. The second-order valence-corrected chi connectivity index (χ2v) is 3.22. The molecule has 2 N–H and O–H groups in total. The predicted molar refractivity (Wildman–Crippen MR) is 59.9 cm³/mol. The summed E-state index contributed by atoms with van der Waals surface area (Å²) >= 11 is 0. The molecule has 0 radical (unpaired) electrons. The number of hydrogen-bond donors (Lipinski definition) is 2. The molecule has 5 heteroatoms. The number of carbonyl (C=O) groups is 1. The van der Waals surface area contributed by atoms with Crippen molar-refractivity contribution >= 4 is 11.7 Å². The quantitative estimate of drug-likeness (QED) is 0.761. The second kappa shape index (κ2) is 5.97. The van der Waals surface area contributed by atoms with Crippen molar-refractivity contribution in [3.05, 3.63) is 24.3 Å². The van der Waals surface area contributed by atoms with Gasteiger partial charge in [-0.15, -0.1) is 0 Å². The van der Waals surface area contributed by atoms with Gasteiger partial charge in [-0.1, -0.05) is 6.07 Å². The number of rotatable bonds is 6. The van der Waals surface area contributed by atoms with E-state index in [0.29, 0.717) is 11.4 Å². The highest BCUT2D eigenvalue weighted by atomic mass is 16.5. The number of ether oxygens (including phenoxy) is 2. The van der Waals surface area contributed by atoms with Crippen molar-refractivity contribution in [3.8, 4) is 5.75 Å².